The fourth-order valence-electron chi connectivity index (χ4n) is 5.53. The first kappa shape index (κ1) is 36.9. The van der Waals surface area contributed by atoms with Gasteiger partial charge in [0, 0.05) is 30.6 Å². The first-order valence-electron chi connectivity index (χ1n) is 16.1. The molecule has 0 aliphatic carbocycles. The van der Waals surface area contributed by atoms with E-state index in [0.717, 1.165) is 21.0 Å². The summed E-state index contributed by atoms with van der Waals surface area (Å²) in [5.74, 6) is -1.13. The van der Waals surface area contributed by atoms with Crippen molar-refractivity contribution in [1.82, 2.24) is 10.2 Å². The number of anilines is 1. The second-order valence-corrected chi connectivity index (χ2v) is 13.9. The van der Waals surface area contributed by atoms with Gasteiger partial charge < -0.3 is 19.7 Å². The third-order valence-electron chi connectivity index (χ3n) is 8.29. The summed E-state index contributed by atoms with van der Waals surface area (Å²) >= 11 is 0. The lowest BCUT2D eigenvalue weighted by Crippen LogP contribution is -2.54. The summed E-state index contributed by atoms with van der Waals surface area (Å²) in [7, 11) is -1.56. The van der Waals surface area contributed by atoms with Crippen LogP contribution in [0, 0.1) is 19.7 Å². The topological polar surface area (TPSA) is 105 Å². The number of amides is 2. The molecule has 0 heterocycles. The summed E-state index contributed by atoms with van der Waals surface area (Å²) in [6.07, 6.45) is 0.768. The molecule has 0 aliphatic rings. The summed E-state index contributed by atoms with van der Waals surface area (Å²) in [5, 5.41) is 2.98. The average Bonchev–Trinajstić information content (AvgIpc) is 3.08. The molecular formula is C38H44FN3O6S. The van der Waals surface area contributed by atoms with Crippen LogP contribution in [0.25, 0.3) is 0 Å². The van der Waals surface area contributed by atoms with Crippen molar-refractivity contribution in [2.45, 2.75) is 64.1 Å². The zero-order valence-electron chi connectivity index (χ0n) is 28.8. The van der Waals surface area contributed by atoms with Crippen molar-refractivity contribution in [2.75, 3.05) is 25.1 Å². The van der Waals surface area contributed by atoms with E-state index in [4.69, 9.17) is 9.47 Å². The molecule has 1 N–H and O–H groups in total. The van der Waals surface area contributed by atoms with Gasteiger partial charge in [-0.05, 0) is 74.2 Å². The third kappa shape index (κ3) is 9.17. The van der Waals surface area contributed by atoms with Crippen LogP contribution in [0.4, 0.5) is 10.1 Å². The number of hydrogen-bond donors (Lipinski definition) is 1. The van der Waals surface area contributed by atoms with Crippen molar-refractivity contribution in [3.05, 3.63) is 119 Å². The number of sulfonamides is 1. The van der Waals surface area contributed by atoms with E-state index in [9.17, 15) is 18.0 Å². The van der Waals surface area contributed by atoms with Crippen LogP contribution in [0.15, 0.2) is 95.9 Å². The number of carbonyl (C=O) groups excluding carboxylic acids is 2. The van der Waals surface area contributed by atoms with E-state index < -0.39 is 40.2 Å². The van der Waals surface area contributed by atoms with Gasteiger partial charge in [-0.3, -0.25) is 13.9 Å². The van der Waals surface area contributed by atoms with E-state index >= 15 is 4.39 Å². The lowest BCUT2D eigenvalue weighted by molar-refractivity contribution is -0.140. The fourth-order valence-corrected chi connectivity index (χ4v) is 6.95. The Labute approximate surface area is 288 Å². The van der Waals surface area contributed by atoms with Crippen molar-refractivity contribution in [1.29, 1.82) is 0 Å². The Morgan fingerprint density at radius 1 is 0.857 bits per heavy atom. The lowest BCUT2D eigenvalue weighted by Gasteiger charge is -2.34. The largest absolute Gasteiger partial charge is 0.493 e. The van der Waals surface area contributed by atoms with Crippen LogP contribution in [0.5, 0.6) is 11.5 Å². The minimum Gasteiger partial charge on any atom is -0.493 e. The predicted molar refractivity (Wildman–Crippen MR) is 189 cm³/mol. The molecule has 0 aromatic heterocycles. The summed E-state index contributed by atoms with van der Waals surface area (Å²) < 4.78 is 55.9. The van der Waals surface area contributed by atoms with Crippen molar-refractivity contribution in [3.8, 4) is 11.5 Å². The van der Waals surface area contributed by atoms with E-state index in [2.05, 4.69) is 5.32 Å². The Hall–Kier alpha value is -4.90. The van der Waals surface area contributed by atoms with Crippen LogP contribution in [0.2, 0.25) is 0 Å². The zero-order chi connectivity index (χ0) is 35.7. The van der Waals surface area contributed by atoms with Gasteiger partial charge in [0.15, 0.2) is 11.5 Å². The molecule has 0 radical (unpaired) electrons. The zero-order valence-corrected chi connectivity index (χ0v) is 29.6. The Bertz CT molecular complexity index is 1850. The van der Waals surface area contributed by atoms with Gasteiger partial charge in [0.25, 0.3) is 10.0 Å². The number of rotatable bonds is 15. The van der Waals surface area contributed by atoms with Gasteiger partial charge in [0.05, 0.1) is 24.8 Å². The van der Waals surface area contributed by atoms with E-state index in [1.807, 2.05) is 64.1 Å². The number of carbonyl (C=O) groups is 2. The lowest BCUT2D eigenvalue weighted by atomic mass is 10.0. The number of aryl methyl sites for hydroxylation is 2. The predicted octanol–water partition coefficient (Wildman–Crippen LogP) is 6.21. The van der Waals surface area contributed by atoms with Crippen LogP contribution in [-0.4, -0.2) is 58.0 Å². The van der Waals surface area contributed by atoms with Gasteiger partial charge >= 0.3 is 0 Å². The number of ether oxygens (including phenoxy) is 2. The van der Waals surface area contributed by atoms with Crippen LogP contribution in [-0.2, 0) is 32.6 Å². The molecule has 0 unspecified atom stereocenters. The van der Waals surface area contributed by atoms with Gasteiger partial charge in [-0.25, -0.2) is 12.8 Å². The first-order chi connectivity index (χ1) is 23.4. The molecule has 0 saturated carbocycles. The number of benzene rings is 4. The van der Waals surface area contributed by atoms with Crippen molar-refractivity contribution >= 4 is 27.5 Å². The molecule has 2 amide bonds. The van der Waals surface area contributed by atoms with E-state index in [1.165, 1.54) is 43.4 Å². The quantitative estimate of drug-likeness (QED) is 0.159. The minimum atomic E-state index is -4.41. The SMILES string of the molecule is CC[C@H](C)NC(=O)[C@H](Cc1ccccc1)N(Cc1ccccc1F)C(=O)CN(c1cc(C)cc(C)c1)S(=O)(=O)c1ccc(OC)c(OC)c1. The molecule has 49 heavy (non-hydrogen) atoms. The monoisotopic (exact) mass is 689 g/mol. The second-order valence-electron chi connectivity index (χ2n) is 12.0. The van der Waals surface area contributed by atoms with Crippen molar-refractivity contribution in [2.24, 2.45) is 0 Å². The molecule has 2 atom stereocenters. The number of methoxy groups -OCH3 is 2. The van der Waals surface area contributed by atoms with Gasteiger partial charge in [0.1, 0.15) is 18.4 Å². The molecule has 260 valence electrons. The summed E-state index contributed by atoms with van der Waals surface area (Å²) in [6.45, 7) is 6.51. The number of halogens is 1. The van der Waals surface area contributed by atoms with Crippen molar-refractivity contribution < 1.29 is 31.9 Å². The molecule has 4 rings (SSSR count). The molecule has 4 aromatic carbocycles. The van der Waals surface area contributed by atoms with Gasteiger partial charge in [-0.15, -0.1) is 0 Å². The van der Waals surface area contributed by atoms with E-state index in [0.29, 0.717) is 12.2 Å². The molecular weight excluding hydrogens is 645 g/mol. The van der Waals surface area contributed by atoms with Crippen LogP contribution in [0.1, 0.15) is 42.5 Å². The molecule has 0 aliphatic heterocycles. The third-order valence-corrected chi connectivity index (χ3v) is 10.1. The maximum atomic E-state index is 15.2. The Kier molecular flexibility index (Phi) is 12.4. The number of hydrogen-bond acceptors (Lipinski definition) is 6. The Morgan fingerprint density at radius 2 is 1.49 bits per heavy atom. The maximum absolute atomic E-state index is 15.2. The van der Waals surface area contributed by atoms with Crippen LogP contribution < -0.4 is 19.1 Å². The highest BCUT2D eigenvalue weighted by Crippen LogP contribution is 2.33. The smallest absolute Gasteiger partial charge is 0.264 e. The summed E-state index contributed by atoms with van der Waals surface area (Å²) in [5.41, 5.74) is 2.80. The Balaban J connectivity index is 1.87. The highest BCUT2D eigenvalue weighted by molar-refractivity contribution is 7.92. The average molecular weight is 690 g/mol. The fraction of sp³-hybridized carbons (Fsp3) is 0.316. The summed E-state index contributed by atoms with van der Waals surface area (Å²) in [4.78, 5) is 29.8. The minimum absolute atomic E-state index is 0.120. The molecule has 9 nitrogen and oxygen atoms in total. The summed E-state index contributed by atoms with van der Waals surface area (Å²) in [6, 6.07) is 23.4. The molecule has 0 saturated heterocycles. The Morgan fingerprint density at radius 3 is 2.10 bits per heavy atom. The van der Waals surface area contributed by atoms with E-state index in [1.54, 1.807) is 30.3 Å². The molecule has 4 aromatic rings. The van der Waals surface area contributed by atoms with Gasteiger partial charge in [0.2, 0.25) is 11.8 Å². The second kappa shape index (κ2) is 16.5. The van der Waals surface area contributed by atoms with Gasteiger partial charge in [-0.2, -0.15) is 0 Å². The normalized spacial score (nSPS) is 12.5. The maximum Gasteiger partial charge on any atom is 0.264 e. The number of nitrogens with zero attached hydrogens (tertiary/aromatic N) is 2. The van der Waals surface area contributed by atoms with Crippen LogP contribution >= 0.6 is 0 Å². The van der Waals surface area contributed by atoms with Gasteiger partial charge in [-0.1, -0.05) is 61.5 Å². The van der Waals surface area contributed by atoms with Crippen molar-refractivity contribution in [3.63, 3.8) is 0 Å². The highest BCUT2D eigenvalue weighted by atomic mass is 32.2. The number of nitrogens with one attached hydrogen (secondary N) is 1. The molecule has 0 bridgehead atoms. The van der Waals surface area contributed by atoms with Crippen LogP contribution in [0.3, 0.4) is 0 Å². The molecule has 11 heteroatoms. The molecule has 0 fully saturated rings. The standard InChI is InChI=1S/C38H44FN3O6S/c1-7-28(4)40-38(44)34(22-29-13-9-8-10-14-29)41(24-30-15-11-12-16-33(30)39)37(43)25-42(31-20-26(2)19-27(3)21-31)49(45,46)32-17-18-35(47-5)36(23-32)48-6/h8-21,23,28,34H,7,22,24-25H2,1-6H3,(H,40,44)/t28-,34-/m0/s1. The van der Waals surface area contributed by atoms with E-state index in [-0.39, 0.29) is 40.9 Å². The molecule has 0 spiro atoms. The first-order valence-corrected chi connectivity index (χ1v) is 17.5. The highest BCUT2D eigenvalue weighted by Gasteiger charge is 2.35.